The van der Waals surface area contributed by atoms with Gasteiger partial charge in [-0.2, -0.15) is 0 Å². The predicted octanol–water partition coefficient (Wildman–Crippen LogP) is 4.67. The number of hydrogen-bond donors (Lipinski definition) is 0. The fraction of sp³-hybridized carbons (Fsp3) is 0.600. The van der Waals surface area contributed by atoms with E-state index in [1.54, 1.807) is 17.0 Å². The van der Waals surface area contributed by atoms with Crippen molar-refractivity contribution in [2.75, 3.05) is 19.0 Å². The van der Waals surface area contributed by atoms with Crippen LogP contribution in [0.5, 0.6) is 5.75 Å². The predicted molar refractivity (Wildman–Crippen MR) is 102 cm³/mol. The summed E-state index contributed by atoms with van der Waals surface area (Å²) in [5.74, 6) is 1.34. The highest BCUT2D eigenvalue weighted by molar-refractivity contribution is 6.18. The van der Waals surface area contributed by atoms with Gasteiger partial charge < -0.3 is 14.4 Å². The molecule has 1 aromatic rings. The number of halogens is 1. The van der Waals surface area contributed by atoms with Crippen LogP contribution in [0.4, 0.5) is 4.79 Å². The highest BCUT2D eigenvalue weighted by Crippen LogP contribution is 2.21. The van der Waals surface area contributed by atoms with E-state index in [0.29, 0.717) is 37.4 Å². The zero-order valence-electron chi connectivity index (χ0n) is 15.8. The summed E-state index contributed by atoms with van der Waals surface area (Å²) in [5.41, 5.74) is 0.204. The summed E-state index contributed by atoms with van der Waals surface area (Å²) in [6, 6.07) is 7.24. The molecule has 6 heteroatoms. The smallest absolute Gasteiger partial charge is 0.410 e. The summed E-state index contributed by atoms with van der Waals surface area (Å²) in [7, 11) is 0. The van der Waals surface area contributed by atoms with Crippen LogP contribution in [0.25, 0.3) is 0 Å². The number of piperidine rings is 1. The van der Waals surface area contributed by atoms with Crippen molar-refractivity contribution < 1.29 is 19.1 Å². The second kappa shape index (κ2) is 9.26. The van der Waals surface area contributed by atoms with E-state index < -0.39 is 5.60 Å². The SMILES string of the molecule is CC(C)(C)OC(=O)N1CCC(Oc2ccc(C(=O)CCCCl)cc2)CC1. The van der Waals surface area contributed by atoms with Crippen LogP contribution in [0.3, 0.4) is 0 Å². The molecule has 1 aliphatic rings. The average Bonchev–Trinajstić information content (AvgIpc) is 2.59. The highest BCUT2D eigenvalue weighted by Gasteiger charge is 2.27. The van der Waals surface area contributed by atoms with E-state index in [-0.39, 0.29) is 18.0 Å². The Morgan fingerprint density at radius 2 is 1.77 bits per heavy atom. The number of benzene rings is 1. The number of nitrogens with zero attached hydrogens (tertiary/aromatic N) is 1. The second-order valence-electron chi connectivity index (χ2n) is 7.52. The van der Waals surface area contributed by atoms with Crippen LogP contribution in [-0.4, -0.2) is 47.5 Å². The normalized spacial score (nSPS) is 15.6. The second-order valence-corrected chi connectivity index (χ2v) is 7.90. The lowest BCUT2D eigenvalue weighted by Gasteiger charge is -2.33. The van der Waals surface area contributed by atoms with Crippen molar-refractivity contribution in [3.8, 4) is 5.75 Å². The molecule has 26 heavy (non-hydrogen) atoms. The Morgan fingerprint density at radius 3 is 2.31 bits per heavy atom. The minimum Gasteiger partial charge on any atom is -0.490 e. The van der Waals surface area contributed by atoms with Crippen LogP contribution < -0.4 is 4.74 Å². The van der Waals surface area contributed by atoms with Crippen LogP contribution in [0, 0.1) is 0 Å². The maximum Gasteiger partial charge on any atom is 0.410 e. The van der Waals surface area contributed by atoms with Crippen molar-refractivity contribution in [3.63, 3.8) is 0 Å². The molecule has 0 atom stereocenters. The molecule has 1 amide bonds. The number of ether oxygens (including phenoxy) is 2. The third-order valence-electron chi connectivity index (χ3n) is 4.11. The lowest BCUT2D eigenvalue weighted by molar-refractivity contribution is 0.0126. The minimum atomic E-state index is -0.479. The van der Waals surface area contributed by atoms with Crippen molar-refractivity contribution in [2.45, 2.75) is 58.2 Å². The van der Waals surface area contributed by atoms with Crippen molar-refractivity contribution in [2.24, 2.45) is 0 Å². The zero-order chi connectivity index (χ0) is 19.2. The molecule has 0 bridgehead atoms. The molecule has 1 aliphatic heterocycles. The lowest BCUT2D eigenvalue weighted by Crippen LogP contribution is -2.44. The first kappa shape index (κ1) is 20.6. The third-order valence-corrected chi connectivity index (χ3v) is 4.38. The molecule has 0 radical (unpaired) electrons. The maximum absolute atomic E-state index is 12.1. The monoisotopic (exact) mass is 381 g/mol. The van der Waals surface area contributed by atoms with E-state index in [4.69, 9.17) is 21.1 Å². The minimum absolute atomic E-state index is 0.0616. The summed E-state index contributed by atoms with van der Waals surface area (Å²) in [6.45, 7) is 6.84. The molecule has 1 heterocycles. The first-order chi connectivity index (χ1) is 12.3. The molecule has 1 saturated heterocycles. The quantitative estimate of drug-likeness (QED) is 0.531. The van der Waals surface area contributed by atoms with Gasteiger partial charge in [0.15, 0.2) is 5.78 Å². The first-order valence-electron chi connectivity index (χ1n) is 9.12. The van der Waals surface area contributed by atoms with Gasteiger partial charge in [-0.25, -0.2) is 4.79 Å². The van der Waals surface area contributed by atoms with Gasteiger partial charge in [-0.15, -0.1) is 11.6 Å². The van der Waals surface area contributed by atoms with Crippen LogP contribution >= 0.6 is 11.6 Å². The molecule has 0 N–H and O–H groups in total. The van der Waals surface area contributed by atoms with E-state index in [0.717, 1.165) is 18.6 Å². The van der Waals surface area contributed by atoms with Gasteiger partial charge in [-0.1, -0.05) is 0 Å². The Hall–Kier alpha value is -1.75. The van der Waals surface area contributed by atoms with Crippen molar-refractivity contribution in [3.05, 3.63) is 29.8 Å². The zero-order valence-corrected chi connectivity index (χ0v) is 16.6. The number of amides is 1. The Labute approximate surface area is 160 Å². The molecule has 5 nitrogen and oxygen atoms in total. The molecule has 1 aromatic carbocycles. The molecule has 0 aromatic heterocycles. The number of carbonyl (C=O) groups excluding carboxylic acids is 2. The van der Waals surface area contributed by atoms with Gasteiger partial charge in [0.1, 0.15) is 17.5 Å². The fourth-order valence-corrected chi connectivity index (χ4v) is 2.90. The maximum atomic E-state index is 12.1. The molecular formula is C20H28ClNO4. The topological polar surface area (TPSA) is 55.8 Å². The van der Waals surface area contributed by atoms with E-state index >= 15 is 0 Å². The Morgan fingerprint density at radius 1 is 1.15 bits per heavy atom. The molecule has 144 valence electrons. The molecule has 0 saturated carbocycles. The highest BCUT2D eigenvalue weighted by atomic mass is 35.5. The van der Waals surface area contributed by atoms with Gasteiger partial charge in [0.2, 0.25) is 0 Å². The summed E-state index contributed by atoms with van der Waals surface area (Å²) >= 11 is 5.62. The van der Waals surface area contributed by atoms with E-state index in [1.807, 2.05) is 32.9 Å². The van der Waals surface area contributed by atoms with Crippen LogP contribution in [0.1, 0.15) is 56.8 Å². The van der Waals surface area contributed by atoms with E-state index in [1.165, 1.54) is 0 Å². The van der Waals surface area contributed by atoms with Gasteiger partial charge in [-0.3, -0.25) is 4.79 Å². The van der Waals surface area contributed by atoms with Gasteiger partial charge in [0.25, 0.3) is 0 Å². The third kappa shape index (κ3) is 6.52. The lowest BCUT2D eigenvalue weighted by atomic mass is 10.1. The Balaban J connectivity index is 1.80. The summed E-state index contributed by atoms with van der Waals surface area (Å²) < 4.78 is 11.4. The van der Waals surface area contributed by atoms with E-state index in [9.17, 15) is 9.59 Å². The Kier molecular flexibility index (Phi) is 7.33. The number of alkyl halides is 1. The van der Waals surface area contributed by atoms with Gasteiger partial charge in [0.05, 0.1) is 0 Å². The van der Waals surface area contributed by atoms with Gasteiger partial charge in [0, 0.05) is 43.8 Å². The molecule has 0 aliphatic carbocycles. The molecule has 1 fully saturated rings. The van der Waals surface area contributed by atoms with E-state index in [2.05, 4.69) is 0 Å². The van der Waals surface area contributed by atoms with Crippen LogP contribution in [-0.2, 0) is 4.74 Å². The average molecular weight is 382 g/mol. The number of likely N-dealkylation sites (tertiary alicyclic amines) is 1. The molecule has 0 unspecified atom stereocenters. The number of ketones is 1. The molecule has 0 spiro atoms. The van der Waals surface area contributed by atoms with Gasteiger partial charge >= 0.3 is 6.09 Å². The summed E-state index contributed by atoms with van der Waals surface area (Å²) in [6.07, 6.45) is 2.47. The molecule has 2 rings (SSSR count). The van der Waals surface area contributed by atoms with Gasteiger partial charge in [-0.05, 0) is 51.5 Å². The molecular weight excluding hydrogens is 354 g/mol. The van der Waals surface area contributed by atoms with Crippen molar-refractivity contribution in [1.82, 2.24) is 4.90 Å². The Bertz CT molecular complexity index is 601. The fourth-order valence-electron chi connectivity index (χ4n) is 2.77. The first-order valence-corrected chi connectivity index (χ1v) is 9.66. The van der Waals surface area contributed by atoms with Crippen molar-refractivity contribution in [1.29, 1.82) is 0 Å². The standard InChI is InChI=1S/C20H28ClNO4/c1-20(2,3)26-19(24)22-13-10-17(11-14-22)25-16-8-6-15(7-9-16)18(23)5-4-12-21/h6-9,17H,4-5,10-14H2,1-3H3. The van der Waals surface area contributed by atoms with Crippen molar-refractivity contribution >= 4 is 23.5 Å². The van der Waals surface area contributed by atoms with Crippen LogP contribution in [0.2, 0.25) is 0 Å². The number of Topliss-reactive ketones (excluding diaryl/α,β-unsaturated/α-hetero) is 1. The summed E-state index contributed by atoms with van der Waals surface area (Å²) in [5, 5.41) is 0. The number of hydrogen-bond acceptors (Lipinski definition) is 4. The van der Waals surface area contributed by atoms with Crippen LogP contribution in [0.15, 0.2) is 24.3 Å². The largest absolute Gasteiger partial charge is 0.490 e. The summed E-state index contributed by atoms with van der Waals surface area (Å²) in [4.78, 5) is 25.8. The number of rotatable bonds is 6. The number of carbonyl (C=O) groups is 2.